The predicted molar refractivity (Wildman–Crippen MR) is 54.0 cm³/mol. The Labute approximate surface area is 83.2 Å². The van der Waals surface area contributed by atoms with Crippen LogP contribution in [0.5, 0.6) is 11.5 Å². The Morgan fingerprint density at radius 1 is 1.14 bits per heavy atom. The molecular weight excluding hydrogens is 178 g/mol. The summed E-state index contributed by atoms with van der Waals surface area (Å²) in [5, 5.41) is 18.6. The van der Waals surface area contributed by atoms with Crippen LogP contribution >= 0.6 is 0 Å². The molecule has 0 radical (unpaired) electrons. The molecular formula is C11H15NO2. The van der Waals surface area contributed by atoms with Crippen molar-refractivity contribution in [3.63, 3.8) is 0 Å². The molecule has 1 aromatic rings. The first kappa shape index (κ1) is 9.34. The third-order valence-corrected chi connectivity index (χ3v) is 2.97. The minimum absolute atomic E-state index is 0.0539. The number of nitrogens with two attached hydrogens (primary N) is 1. The van der Waals surface area contributed by atoms with Gasteiger partial charge in [0.15, 0.2) is 0 Å². The minimum atomic E-state index is -0.0539. The van der Waals surface area contributed by atoms with Crippen LogP contribution in [0.2, 0.25) is 0 Å². The summed E-state index contributed by atoms with van der Waals surface area (Å²) >= 11 is 0. The lowest BCUT2D eigenvalue weighted by atomic mass is 9.77. The number of aromatic hydroxyl groups is 2. The molecule has 0 amide bonds. The average Bonchev–Trinajstić information content (AvgIpc) is 1.98. The third-order valence-electron chi connectivity index (χ3n) is 2.97. The molecule has 0 aliphatic heterocycles. The summed E-state index contributed by atoms with van der Waals surface area (Å²) in [6.07, 6.45) is 3.54. The second-order valence-corrected chi connectivity index (χ2v) is 4.00. The van der Waals surface area contributed by atoms with Gasteiger partial charge >= 0.3 is 0 Å². The fourth-order valence-corrected chi connectivity index (χ4v) is 1.88. The quantitative estimate of drug-likeness (QED) is 0.672. The van der Waals surface area contributed by atoms with Gasteiger partial charge in [-0.1, -0.05) is 6.42 Å². The summed E-state index contributed by atoms with van der Waals surface area (Å²) in [6, 6.07) is 4.52. The van der Waals surface area contributed by atoms with Crippen molar-refractivity contribution in [1.29, 1.82) is 0 Å². The number of benzene rings is 1. The molecule has 1 atom stereocenters. The highest BCUT2D eigenvalue weighted by atomic mass is 16.3. The molecule has 0 bridgehead atoms. The lowest BCUT2D eigenvalue weighted by Gasteiger charge is -2.31. The second-order valence-electron chi connectivity index (χ2n) is 4.00. The predicted octanol–water partition coefficient (Wildman–Crippen LogP) is 1.90. The van der Waals surface area contributed by atoms with Crippen molar-refractivity contribution in [1.82, 2.24) is 0 Å². The van der Waals surface area contributed by atoms with E-state index in [9.17, 15) is 10.2 Å². The fraction of sp³-hybridized carbons (Fsp3) is 0.455. The molecule has 1 aliphatic carbocycles. The van der Waals surface area contributed by atoms with E-state index in [-0.39, 0.29) is 17.5 Å². The summed E-state index contributed by atoms with van der Waals surface area (Å²) in [4.78, 5) is 0. The van der Waals surface area contributed by atoms with Gasteiger partial charge in [0.1, 0.15) is 11.5 Å². The Morgan fingerprint density at radius 3 is 2.14 bits per heavy atom. The number of hydrogen-bond donors (Lipinski definition) is 3. The van der Waals surface area contributed by atoms with Crippen molar-refractivity contribution in [2.75, 3.05) is 0 Å². The van der Waals surface area contributed by atoms with E-state index in [1.807, 2.05) is 0 Å². The molecule has 3 nitrogen and oxygen atoms in total. The Morgan fingerprint density at radius 2 is 1.71 bits per heavy atom. The molecule has 1 aromatic carbocycles. The normalized spacial score (nSPS) is 18.9. The largest absolute Gasteiger partial charge is 0.508 e. The van der Waals surface area contributed by atoms with Crippen LogP contribution in [0, 0.1) is 5.92 Å². The van der Waals surface area contributed by atoms with Gasteiger partial charge in [-0.05, 0) is 36.5 Å². The monoisotopic (exact) mass is 193 g/mol. The fourth-order valence-electron chi connectivity index (χ4n) is 1.88. The molecule has 0 heterocycles. The first-order valence-electron chi connectivity index (χ1n) is 4.95. The van der Waals surface area contributed by atoms with E-state index in [1.54, 1.807) is 12.1 Å². The highest BCUT2D eigenvalue weighted by Gasteiger charge is 2.25. The zero-order chi connectivity index (χ0) is 10.1. The molecule has 0 spiro atoms. The second kappa shape index (κ2) is 3.50. The highest BCUT2D eigenvalue weighted by molar-refractivity contribution is 5.38. The number of phenols is 2. The smallest absolute Gasteiger partial charge is 0.119 e. The van der Waals surface area contributed by atoms with Gasteiger partial charge in [0.2, 0.25) is 0 Å². The van der Waals surface area contributed by atoms with E-state index in [0.29, 0.717) is 5.92 Å². The standard InChI is InChI=1S/C11H15NO2/c12-11(7-2-1-3-7)8-4-9(13)6-10(14)5-8/h4-7,11,13-14H,1-3,12H2/t11-/m1/s1. The van der Waals surface area contributed by atoms with Crippen molar-refractivity contribution in [2.24, 2.45) is 11.7 Å². The van der Waals surface area contributed by atoms with Crippen molar-refractivity contribution in [3.05, 3.63) is 23.8 Å². The topological polar surface area (TPSA) is 66.5 Å². The van der Waals surface area contributed by atoms with Gasteiger partial charge in [-0.25, -0.2) is 0 Å². The van der Waals surface area contributed by atoms with Crippen molar-refractivity contribution >= 4 is 0 Å². The SMILES string of the molecule is N[C@@H](c1cc(O)cc(O)c1)C1CCC1. The Bertz CT molecular complexity index is 314. The zero-order valence-corrected chi connectivity index (χ0v) is 7.98. The van der Waals surface area contributed by atoms with Gasteiger partial charge in [0.05, 0.1) is 0 Å². The van der Waals surface area contributed by atoms with Gasteiger partial charge in [0.25, 0.3) is 0 Å². The van der Waals surface area contributed by atoms with Crippen molar-refractivity contribution in [3.8, 4) is 11.5 Å². The summed E-state index contributed by atoms with van der Waals surface area (Å²) in [5.41, 5.74) is 6.84. The van der Waals surface area contributed by atoms with Crippen LogP contribution in [-0.4, -0.2) is 10.2 Å². The number of rotatable bonds is 2. The summed E-state index contributed by atoms with van der Waals surface area (Å²) in [7, 11) is 0. The van der Waals surface area contributed by atoms with E-state index in [0.717, 1.165) is 18.4 Å². The summed E-state index contributed by atoms with van der Waals surface area (Å²) < 4.78 is 0. The summed E-state index contributed by atoms with van der Waals surface area (Å²) in [6.45, 7) is 0. The molecule has 3 heteroatoms. The minimum Gasteiger partial charge on any atom is -0.508 e. The maximum atomic E-state index is 9.30. The molecule has 2 rings (SSSR count). The highest BCUT2D eigenvalue weighted by Crippen LogP contribution is 2.37. The zero-order valence-electron chi connectivity index (χ0n) is 7.98. The molecule has 1 saturated carbocycles. The molecule has 0 unspecified atom stereocenters. The Balaban J connectivity index is 2.21. The number of hydrogen-bond acceptors (Lipinski definition) is 3. The molecule has 4 N–H and O–H groups in total. The van der Waals surface area contributed by atoms with Crippen LogP contribution in [0.3, 0.4) is 0 Å². The van der Waals surface area contributed by atoms with Crippen LogP contribution in [0.25, 0.3) is 0 Å². The van der Waals surface area contributed by atoms with Gasteiger partial charge in [-0.3, -0.25) is 0 Å². The first-order valence-corrected chi connectivity index (χ1v) is 4.95. The van der Waals surface area contributed by atoms with Gasteiger partial charge < -0.3 is 15.9 Å². The molecule has 0 aromatic heterocycles. The van der Waals surface area contributed by atoms with E-state index in [1.165, 1.54) is 12.5 Å². The Kier molecular flexibility index (Phi) is 2.33. The van der Waals surface area contributed by atoms with Crippen molar-refractivity contribution in [2.45, 2.75) is 25.3 Å². The van der Waals surface area contributed by atoms with Crippen LogP contribution < -0.4 is 5.73 Å². The molecule has 1 aliphatic rings. The van der Waals surface area contributed by atoms with E-state index >= 15 is 0 Å². The van der Waals surface area contributed by atoms with Crippen LogP contribution in [-0.2, 0) is 0 Å². The van der Waals surface area contributed by atoms with Crippen molar-refractivity contribution < 1.29 is 10.2 Å². The average molecular weight is 193 g/mol. The van der Waals surface area contributed by atoms with E-state index < -0.39 is 0 Å². The molecule has 14 heavy (non-hydrogen) atoms. The van der Waals surface area contributed by atoms with E-state index in [4.69, 9.17) is 5.73 Å². The first-order chi connectivity index (χ1) is 6.66. The van der Waals surface area contributed by atoms with Gasteiger partial charge in [-0.2, -0.15) is 0 Å². The van der Waals surface area contributed by atoms with E-state index in [2.05, 4.69) is 0 Å². The van der Waals surface area contributed by atoms with Gasteiger partial charge in [-0.15, -0.1) is 0 Å². The Hall–Kier alpha value is -1.22. The number of phenolic OH excluding ortho intramolecular Hbond substituents is 2. The summed E-state index contributed by atoms with van der Waals surface area (Å²) in [5.74, 6) is 0.667. The lowest BCUT2D eigenvalue weighted by molar-refractivity contribution is 0.263. The molecule has 1 fully saturated rings. The van der Waals surface area contributed by atoms with Crippen LogP contribution in [0.1, 0.15) is 30.9 Å². The van der Waals surface area contributed by atoms with Crippen LogP contribution in [0.4, 0.5) is 0 Å². The third kappa shape index (κ3) is 1.68. The maximum Gasteiger partial charge on any atom is 0.119 e. The molecule has 76 valence electrons. The lowest BCUT2D eigenvalue weighted by Crippen LogP contribution is -2.26. The van der Waals surface area contributed by atoms with Crippen LogP contribution in [0.15, 0.2) is 18.2 Å². The molecule has 0 saturated heterocycles. The van der Waals surface area contributed by atoms with Gasteiger partial charge in [0, 0.05) is 12.1 Å². The maximum absolute atomic E-state index is 9.30.